The number of hydrogen-bond donors (Lipinski definition) is 0. The van der Waals surface area contributed by atoms with E-state index in [1.54, 1.807) is 60.5 Å². The number of anilines is 2. The van der Waals surface area contributed by atoms with E-state index in [0.29, 0.717) is 39.9 Å². The van der Waals surface area contributed by atoms with Crippen molar-refractivity contribution in [3.8, 4) is 5.75 Å². The molecule has 0 N–H and O–H groups in total. The average Bonchev–Trinajstić information content (AvgIpc) is 3.05. The summed E-state index contributed by atoms with van der Waals surface area (Å²) in [6.07, 6.45) is 0. The lowest BCUT2D eigenvalue weighted by molar-refractivity contribution is -0.120. The van der Waals surface area contributed by atoms with Crippen molar-refractivity contribution in [1.29, 1.82) is 0 Å². The summed E-state index contributed by atoms with van der Waals surface area (Å²) in [7, 11) is 1.78. The quantitative estimate of drug-likeness (QED) is 0.505. The second-order valence-corrected chi connectivity index (χ2v) is 7.38. The van der Waals surface area contributed by atoms with Crippen molar-refractivity contribution >= 4 is 40.4 Å². The predicted octanol–water partition coefficient (Wildman–Crippen LogP) is 5.16. The number of para-hydroxylation sites is 2. The highest BCUT2D eigenvalue weighted by Gasteiger charge is 2.42. The highest BCUT2D eigenvalue weighted by Crippen LogP contribution is 2.38. The number of likely N-dealkylation sites (N-methyl/N-ethyl adjacent to an activating group) is 1. The molecule has 0 aliphatic carbocycles. The van der Waals surface area contributed by atoms with Crippen LogP contribution in [0.3, 0.4) is 0 Å². The largest absolute Gasteiger partial charge is 0.494 e. The first-order chi connectivity index (χ1) is 15.0. The zero-order chi connectivity index (χ0) is 22.0. The molecule has 1 heterocycles. The van der Waals surface area contributed by atoms with Gasteiger partial charge in [-0.15, -0.1) is 0 Å². The first-order valence-electron chi connectivity index (χ1n) is 9.92. The molecule has 31 heavy (non-hydrogen) atoms. The maximum Gasteiger partial charge on any atom is 0.282 e. The molecule has 0 radical (unpaired) electrons. The highest BCUT2D eigenvalue weighted by atomic mass is 35.5. The van der Waals surface area contributed by atoms with E-state index in [-0.39, 0.29) is 0 Å². The molecule has 2 amide bonds. The molecule has 0 bridgehead atoms. The molecule has 3 aromatic rings. The van der Waals surface area contributed by atoms with Crippen LogP contribution in [0, 0.1) is 0 Å². The third-order valence-corrected chi connectivity index (χ3v) is 5.41. The average molecular weight is 433 g/mol. The molecule has 0 saturated carbocycles. The predicted molar refractivity (Wildman–Crippen MR) is 123 cm³/mol. The monoisotopic (exact) mass is 432 g/mol. The number of carbonyl (C=O) groups is 2. The van der Waals surface area contributed by atoms with Crippen LogP contribution in [0.1, 0.15) is 12.5 Å². The van der Waals surface area contributed by atoms with Gasteiger partial charge in [0.05, 0.1) is 22.9 Å². The van der Waals surface area contributed by atoms with E-state index < -0.39 is 11.8 Å². The van der Waals surface area contributed by atoms with Crippen LogP contribution < -0.4 is 14.5 Å². The van der Waals surface area contributed by atoms with E-state index in [0.717, 1.165) is 10.6 Å². The fourth-order valence-corrected chi connectivity index (χ4v) is 3.83. The lowest BCUT2D eigenvalue weighted by Crippen LogP contribution is -2.34. The Morgan fingerprint density at radius 1 is 0.871 bits per heavy atom. The zero-order valence-electron chi connectivity index (χ0n) is 17.2. The van der Waals surface area contributed by atoms with Crippen molar-refractivity contribution in [2.45, 2.75) is 6.92 Å². The summed E-state index contributed by atoms with van der Waals surface area (Å²) in [6.45, 7) is 2.45. The van der Waals surface area contributed by atoms with E-state index in [1.165, 1.54) is 0 Å². The minimum atomic E-state index is -0.423. The number of ether oxygens (including phenoxy) is 1. The van der Waals surface area contributed by atoms with Crippen molar-refractivity contribution < 1.29 is 14.3 Å². The Labute approximate surface area is 186 Å². The molecule has 4 rings (SSSR count). The van der Waals surface area contributed by atoms with Crippen molar-refractivity contribution in [3.63, 3.8) is 0 Å². The van der Waals surface area contributed by atoms with Crippen LogP contribution in [-0.4, -0.2) is 25.5 Å². The van der Waals surface area contributed by atoms with Crippen molar-refractivity contribution in [2.75, 3.05) is 23.5 Å². The number of imide groups is 1. The molecule has 1 aliphatic rings. The summed E-state index contributed by atoms with van der Waals surface area (Å²) in [6, 6.07) is 23.4. The van der Waals surface area contributed by atoms with E-state index in [9.17, 15) is 9.59 Å². The van der Waals surface area contributed by atoms with Crippen LogP contribution in [0.25, 0.3) is 5.57 Å². The lowest BCUT2D eigenvalue weighted by Gasteiger charge is -2.22. The SMILES string of the molecule is CCOc1ccc(C2=C(N(C)c3ccccc3)C(=O)N(c3ccccc3Cl)C2=O)cc1. The van der Waals surface area contributed by atoms with Gasteiger partial charge in [-0.3, -0.25) is 9.59 Å². The molecular formula is C25H21ClN2O3. The maximum absolute atomic E-state index is 13.6. The summed E-state index contributed by atoms with van der Waals surface area (Å²) in [5.41, 5.74) is 2.40. The molecule has 0 unspecified atom stereocenters. The minimum Gasteiger partial charge on any atom is -0.494 e. The molecule has 0 atom stereocenters. The van der Waals surface area contributed by atoms with Crippen molar-refractivity contribution in [1.82, 2.24) is 0 Å². The molecule has 5 nitrogen and oxygen atoms in total. The van der Waals surface area contributed by atoms with Gasteiger partial charge in [-0.2, -0.15) is 0 Å². The summed E-state index contributed by atoms with van der Waals surface area (Å²) in [5.74, 6) is -0.141. The molecule has 0 fully saturated rings. The fraction of sp³-hybridized carbons (Fsp3) is 0.120. The number of carbonyl (C=O) groups excluding carboxylic acids is 2. The van der Waals surface area contributed by atoms with Gasteiger partial charge in [-0.05, 0) is 48.9 Å². The van der Waals surface area contributed by atoms with Gasteiger partial charge in [-0.25, -0.2) is 4.90 Å². The smallest absolute Gasteiger partial charge is 0.282 e. The van der Waals surface area contributed by atoms with Gasteiger partial charge in [0.2, 0.25) is 0 Å². The number of hydrogen-bond acceptors (Lipinski definition) is 4. The van der Waals surface area contributed by atoms with E-state index >= 15 is 0 Å². The van der Waals surface area contributed by atoms with Crippen LogP contribution >= 0.6 is 11.6 Å². The lowest BCUT2D eigenvalue weighted by atomic mass is 10.0. The highest BCUT2D eigenvalue weighted by molar-refractivity contribution is 6.48. The number of benzene rings is 3. The molecule has 1 aliphatic heterocycles. The Kier molecular flexibility index (Phi) is 5.78. The molecule has 0 saturated heterocycles. The topological polar surface area (TPSA) is 49.9 Å². The van der Waals surface area contributed by atoms with Gasteiger partial charge in [0.15, 0.2) is 0 Å². The Morgan fingerprint density at radius 3 is 2.16 bits per heavy atom. The standard InChI is InChI=1S/C25H21ClN2O3/c1-3-31-19-15-13-17(14-16-19)22-23(27(2)18-9-5-4-6-10-18)25(30)28(24(22)29)21-12-8-7-11-20(21)26/h4-16H,3H2,1-2H3. The number of halogens is 1. The molecule has 3 aromatic carbocycles. The second-order valence-electron chi connectivity index (χ2n) is 6.97. The Morgan fingerprint density at radius 2 is 1.52 bits per heavy atom. The van der Waals surface area contributed by atoms with Crippen molar-refractivity contribution in [3.05, 3.63) is 95.1 Å². The zero-order valence-corrected chi connectivity index (χ0v) is 18.0. The number of rotatable bonds is 6. The molecule has 6 heteroatoms. The third kappa shape index (κ3) is 3.80. The first-order valence-corrected chi connectivity index (χ1v) is 10.3. The summed E-state index contributed by atoms with van der Waals surface area (Å²) in [5, 5.41) is 0.332. The van der Waals surface area contributed by atoms with E-state index in [1.807, 2.05) is 37.3 Å². The molecular weight excluding hydrogens is 412 g/mol. The Balaban J connectivity index is 1.86. The Bertz CT molecular complexity index is 1160. The number of nitrogens with zero attached hydrogens (tertiary/aromatic N) is 2. The third-order valence-electron chi connectivity index (χ3n) is 5.09. The minimum absolute atomic E-state index is 0.292. The van der Waals surface area contributed by atoms with Crippen LogP contribution in [0.15, 0.2) is 84.6 Å². The van der Waals surface area contributed by atoms with Crippen LogP contribution in [-0.2, 0) is 9.59 Å². The van der Waals surface area contributed by atoms with Crippen LogP contribution in [0.4, 0.5) is 11.4 Å². The van der Waals surface area contributed by atoms with Gasteiger partial charge in [0.1, 0.15) is 11.4 Å². The first kappa shape index (κ1) is 20.7. The van der Waals surface area contributed by atoms with Gasteiger partial charge in [0, 0.05) is 12.7 Å². The van der Waals surface area contributed by atoms with Crippen LogP contribution in [0.2, 0.25) is 5.02 Å². The summed E-state index contributed by atoms with van der Waals surface area (Å²) in [4.78, 5) is 30.0. The van der Waals surface area contributed by atoms with Gasteiger partial charge in [-0.1, -0.05) is 54.1 Å². The van der Waals surface area contributed by atoms with Gasteiger partial charge < -0.3 is 9.64 Å². The van der Waals surface area contributed by atoms with Gasteiger partial charge in [0.25, 0.3) is 11.8 Å². The summed E-state index contributed by atoms with van der Waals surface area (Å²) < 4.78 is 5.52. The Hall–Kier alpha value is -3.57. The molecule has 0 spiro atoms. The van der Waals surface area contributed by atoms with Crippen LogP contribution in [0.5, 0.6) is 5.75 Å². The van der Waals surface area contributed by atoms with E-state index in [4.69, 9.17) is 16.3 Å². The molecule has 156 valence electrons. The molecule has 0 aromatic heterocycles. The fourth-order valence-electron chi connectivity index (χ4n) is 3.61. The second kappa shape index (κ2) is 8.66. The normalized spacial score (nSPS) is 13.7. The summed E-state index contributed by atoms with van der Waals surface area (Å²) >= 11 is 6.33. The van der Waals surface area contributed by atoms with Gasteiger partial charge >= 0.3 is 0 Å². The van der Waals surface area contributed by atoms with Crippen molar-refractivity contribution in [2.24, 2.45) is 0 Å². The number of amides is 2. The van der Waals surface area contributed by atoms with E-state index in [2.05, 4.69) is 0 Å². The maximum atomic E-state index is 13.6.